The van der Waals surface area contributed by atoms with E-state index in [9.17, 15) is 0 Å². The van der Waals surface area contributed by atoms with Gasteiger partial charge in [-0.25, -0.2) is 0 Å². The van der Waals surface area contributed by atoms with Gasteiger partial charge in [0.05, 0.1) is 32.1 Å². The molecule has 2 saturated heterocycles. The molecule has 0 amide bonds. The summed E-state index contributed by atoms with van der Waals surface area (Å²) in [7, 11) is 0. The van der Waals surface area contributed by atoms with E-state index in [2.05, 4.69) is 20.0 Å². The standard InChI is InChI=1S/C19H32N4O2/c1-4-18(5-1)25-12-9-22-6-2-3-16(14-22)19-17(13-20-21-19)15-23-7-10-24-11-8-23/h13,16,18H,1-12,14-15H2,(H,20,21). The molecule has 4 rings (SSSR count). The first-order valence-electron chi connectivity index (χ1n) is 10.0. The van der Waals surface area contributed by atoms with Crippen LogP contribution in [0.25, 0.3) is 0 Å². The van der Waals surface area contributed by atoms with Crippen LogP contribution in [0.1, 0.15) is 49.3 Å². The van der Waals surface area contributed by atoms with Crippen LogP contribution in [0, 0.1) is 0 Å². The first-order valence-corrected chi connectivity index (χ1v) is 10.0. The van der Waals surface area contributed by atoms with Crippen LogP contribution in [-0.4, -0.2) is 78.6 Å². The van der Waals surface area contributed by atoms with E-state index in [1.807, 2.05) is 6.20 Å². The van der Waals surface area contributed by atoms with Gasteiger partial charge in [0, 0.05) is 49.9 Å². The fourth-order valence-corrected chi connectivity index (χ4v) is 4.18. The number of morpholine rings is 1. The van der Waals surface area contributed by atoms with Crippen molar-refractivity contribution in [3.63, 3.8) is 0 Å². The Labute approximate surface area is 150 Å². The van der Waals surface area contributed by atoms with Gasteiger partial charge >= 0.3 is 0 Å². The summed E-state index contributed by atoms with van der Waals surface area (Å²) in [4.78, 5) is 5.05. The van der Waals surface area contributed by atoms with Crippen LogP contribution < -0.4 is 0 Å². The van der Waals surface area contributed by atoms with Crippen molar-refractivity contribution < 1.29 is 9.47 Å². The molecule has 3 aliphatic rings. The normalized spacial score (nSPS) is 26.6. The summed E-state index contributed by atoms with van der Waals surface area (Å²) in [6.07, 6.45) is 8.99. The third kappa shape index (κ3) is 4.61. The SMILES string of the molecule is c1n[nH]c(C2CCCN(CCOC3CCC3)C2)c1CN1CCOCC1. The molecule has 1 aliphatic carbocycles. The number of hydrogen-bond acceptors (Lipinski definition) is 5. The van der Waals surface area contributed by atoms with Crippen LogP contribution in [0.4, 0.5) is 0 Å². The lowest BCUT2D eigenvalue weighted by atomic mass is 9.92. The van der Waals surface area contributed by atoms with Crippen molar-refractivity contribution in [3.05, 3.63) is 17.5 Å². The Balaban J connectivity index is 1.29. The van der Waals surface area contributed by atoms with E-state index in [4.69, 9.17) is 9.47 Å². The van der Waals surface area contributed by atoms with E-state index in [0.29, 0.717) is 12.0 Å². The maximum absolute atomic E-state index is 5.95. The van der Waals surface area contributed by atoms with Gasteiger partial charge in [-0.2, -0.15) is 5.10 Å². The molecule has 3 fully saturated rings. The largest absolute Gasteiger partial charge is 0.379 e. The number of nitrogens with one attached hydrogen (secondary N) is 1. The smallest absolute Gasteiger partial charge is 0.0597 e. The number of aromatic nitrogens is 2. The van der Waals surface area contributed by atoms with Gasteiger partial charge in [-0.3, -0.25) is 10.00 Å². The molecule has 1 aromatic rings. The van der Waals surface area contributed by atoms with Crippen LogP contribution >= 0.6 is 0 Å². The molecule has 140 valence electrons. The second-order valence-electron chi connectivity index (χ2n) is 7.76. The number of aromatic amines is 1. The lowest BCUT2D eigenvalue weighted by Crippen LogP contribution is -2.38. The molecular weight excluding hydrogens is 316 g/mol. The third-order valence-corrected chi connectivity index (χ3v) is 5.98. The maximum atomic E-state index is 5.95. The second kappa shape index (κ2) is 8.62. The monoisotopic (exact) mass is 348 g/mol. The van der Waals surface area contributed by atoms with E-state index < -0.39 is 0 Å². The van der Waals surface area contributed by atoms with E-state index in [-0.39, 0.29) is 0 Å². The van der Waals surface area contributed by atoms with E-state index in [0.717, 1.165) is 52.5 Å². The molecule has 1 saturated carbocycles. The lowest BCUT2D eigenvalue weighted by Gasteiger charge is -2.34. The predicted octanol–water partition coefficient (Wildman–Crippen LogP) is 1.99. The zero-order valence-electron chi connectivity index (χ0n) is 15.3. The zero-order chi connectivity index (χ0) is 16.9. The molecule has 0 spiro atoms. The Kier molecular flexibility index (Phi) is 6.02. The number of ether oxygens (including phenoxy) is 2. The van der Waals surface area contributed by atoms with Crippen molar-refractivity contribution in [2.24, 2.45) is 0 Å². The Morgan fingerprint density at radius 3 is 2.80 bits per heavy atom. The van der Waals surface area contributed by atoms with Crippen molar-refractivity contribution in [2.45, 2.75) is 50.7 Å². The van der Waals surface area contributed by atoms with Crippen molar-refractivity contribution in [3.8, 4) is 0 Å². The number of likely N-dealkylation sites (tertiary alicyclic amines) is 1. The molecule has 1 aromatic heterocycles. The van der Waals surface area contributed by atoms with Gasteiger partial charge in [0.15, 0.2) is 0 Å². The first-order chi connectivity index (χ1) is 12.4. The van der Waals surface area contributed by atoms with Gasteiger partial charge in [0.2, 0.25) is 0 Å². The highest BCUT2D eigenvalue weighted by Gasteiger charge is 2.26. The van der Waals surface area contributed by atoms with Crippen molar-refractivity contribution in [1.29, 1.82) is 0 Å². The lowest BCUT2D eigenvalue weighted by molar-refractivity contribution is -0.00986. The van der Waals surface area contributed by atoms with E-state index >= 15 is 0 Å². The highest BCUT2D eigenvalue weighted by Crippen LogP contribution is 2.28. The molecule has 2 aliphatic heterocycles. The van der Waals surface area contributed by atoms with Gasteiger partial charge in [0.25, 0.3) is 0 Å². The van der Waals surface area contributed by atoms with Crippen molar-refractivity contribution in [2.75, 3.05) is 52.5 Å². The topological polar surface area (TPSA) is 53.6 Å². The summed E-state index contributed by atoms with van der Waals surface area (Å²) >= 11 is 0. The number of H-pyrrole nitrogens is 1. The maximum Gasteiger partial charge on any atom is 0.0597 e. The fraction of sp³-hybridized carbons (Fsp3) is 0.842. The highest BCUT2D eigenvalue weighted by molar-refractivity contribution is 5.21. The van der Waals surface area contributed by atoms with Crippen LogP contribution in [0.3, 0.4) is 0 Å². The Morgan fingerprint density at radius 2 is 2.00 bits per heavy atom. The van der Waals surface area contributed by atoms with Gasteiger partial charge in [-0.1, -0.05) is 0 Å². The number of rotatable bonds is 7. The minimum atomic E-state index is 0.549. The summed E-state index contributed by atoms with van der Waals surface area (Å²) in [6, 6.07) is 0. The molecule has 1 N–H and O–H groups in total. The molecule has 6 nitrogen and oxygen atoms in total. The molecule has 0 radical (unpaired) electrons. The minimum absolute atomic E-state index is 0.549. The summed E-state index contributed by atoms with van der Waals surface area (Å²) in [5, 5.41) is 7.68. The molecule has 6 heteroatoms. The molecule has 3 heterocycles. The summed E-state index contributed by atoms with van der Waals surface area (Å²) < 4.78 is 11.4. The van der Waals surface area contributed by atoms with E-state index in [1.165, 1.54) is 49.9 Å². The van der Waals surface area contributed by atoms with Crippen molar-refractivity contribution >= 4 is 0 Å². The zero-order valence-corrected chi connectivity index (χ0v) is 15.3. The fourth-order valence-electron chi connectivity index (χ4n) is 4.18. The summed E-state index contributed by atoms with van der Waals surface area (Å²) in [5.41, 5.74) is 2.73. The molecule has 1 atom stereocenters. The summed E-state index contributed by atoms with van der Waals surface area (Å²) in [5.74, 6) is 0.580. The van der Waals surface area contributed by atoms with Crippen LogP contribution in [0.2, 0.25) is 0 Å². The second-order valence-corrected chi connectivity index (χ2v) is 7.76. The number of nitrogens with zero attached hydrogens (tertiary/aromatic N) is 3. The molecular formula is C19H32N4O2. The Morgan fingerprint density at radius 1 is 1.12 bits per heavy atom. The Bertz CT molecular complexity index is 525. The average molecular weight is 348 g/mol. The quantitative estimate of drug-likeness (QED) is 0.817. The van der Waals surface area contributed by atoms with Gasteiger partial charge in [-0.05, 0) is 38.6 Å². The average Bonchev–Trinajstić information content (AvgIpc) is 3.06. The van der Waals surface area contributed by atoms with Crippen molar-refractivity contribution in [1.82, 2.24) is 20.0 Å². The van der Waals surface area contributed by atoms with Crippen LogP contribution in [-0.2, 0) is 16.0 Å². The molecule has 0 aromatic carbocycles. The molecule has 0 bridgehead atoms. The molecule has 1 unspecified atom stereocenters. The first kappa shape index (κ1) is 17.5. The summed E-state index contributed by atoms with van der Waals surface area (Å²) in [6.45, 7) is 9.05. The number of piperidine rings is 1. The predicted molar refractivity (Wildman–Crippen MR) is 96.7 cm³/mol. The highest BCUT2D eigenvalue weighted by atomic mass is 16.5. The van der Waals surface area contributed by atoms with Crippen LogP contribution in [0.15, 0.2) is 6.20 Å². The minimum Gasteiger partial charge on any atom is -0.379 e. The van der Waals surface area contributed by atoms with Crippen LogP contribution in [0.5, 0.6) is 0 Å². The number of hydrogen-bond donors (Lipinski definition) is 1. The Hall–Kier alpha value is -0.950. The van der Waals surface area contributed by atoms with Gasteiger partial charge < -0.3 is 14.4 Å². The van der Waals surface area contributed by atoms with E-state index in [1.54, 1.807) is 0 Å². The molecule has 25 heavy (non-hydrogen) atoms. The van der Waals surface area contributed by atoms with Gasteiger partial charge in [0.1, 0.15) is 0 Å². The third-order valence-electron chi connectivity index (χ3n) is 5.98. The van der Waals surface area contributed by atoms with Gasteiger partial charge in [-0.15, -0.1) is 0 Å².